The lowest BCUT2D eigenvalue weighted by molar-refractivity contribution is 0.404. The zero-order chi connectivity index (χ0) is 13.9. The minimum absolute atomic E-state index is 0.0793. The van der Waals surface area contributed by atoms with Crippen LogP contribution in [-0.2, 0) is 10.0 Å². The van der Waals surface area contributed by atoms with Crippen LogP contribution in [0.3, 0.4) is 0 Å². The van der Waals surface area contributed by atoms with Crippen molar-refractivity contribution in [2.24, 2.45) is 5.92 Å². The van der Waals surface area contributed by atoms with E-state index < -0.39 is 15.8 Å². The SMILES string of the molecule is Cc1ccc(F)cc1NS(=O)(=O)CC1CCCNC1. The number of benzene rings is 1. The zero-order valence-corrected chi connectivity index (χ0v) is 11.8. The maximum atomic E-state index is 13.1. The van der Waals surface area contributed by atoms with Gasteiger partial charge in [-0.1, -0.05) is 6.07 Å². The van der Waals surface area contributed by atoms with Gasteiger partial charge >= 0.3 is 0 Å². The largest absolute Gasteiger partial charge is 0.316 e. The van der Waals surface area contributed by atoms with Crippen LogP contribution in [0.2, 0.25) is 0 Å². The fourth-order valence-electron chi connectivity index (χ4n) is 2.29. The molecule has 1 saturated heterocycles. The van der Waals surface area contributed by atoms with Crippen molar-refractivity contribution in [3.8, 4) is 0 Å². The van der Waals surface area contributed by atoms with Crippen LogP contribution in [0.1, 0.15) is 18.4 Å². The molecule has 106 valence electrons. The molecule has 6 heteroatoms. The van der Waals surface area contributed by atoms with Gasteiger partial charge in [0, 0.05) is 0 Å². The summed E-state index contributed by atoms with van der Waals surface area (Å²) in [5, 5.41) is 3.19. The summed E-state index contributed by atoms with van der Waals surface area (Å²) >= 11 is 0. The number of anilines is 1. The van der Waals surface area contributed by atoms with Crippen molar-refractivity contribution in [2.45, 2.75) is 19.8 Å². The molecule has 1 aromatic carbocycles. The summed E-state index contributed by atoms with van der Waals surface area (Å²) in [4.78, 5) is 0. The van der Waals surface area contributed by atoms with Gasteiger partial charge in [0.2, 0.25) is 10.0 Å². The maximum absolute atomic E-state index is 13.1. The van der Waals surface area contributed by atoms with Gasteiger partial charge in [-0.2, -0.15) is 0 Å². The molecule has 0 aliphatic carbocycles. The number of rotatable bonds is 4. The molecule has 1 unspecified atom stereocenters. The highest BCUT2D eigenvalue weighted by Gasteiger charge is 2.21. The van der Waals surface area contributed by atoms with Crippen LogP contribution >= 0.6 is 0 Å². The maximum Gasteiger partial charge on any atom is 0.233 e. The molecular weight excluding hydrogens is 267 g/mol. The van der Waals surface area contributed by atoms with Gasteiger partial charge in [0.1, 0.15) is 5.82 Å². The van der Waals surface area contributed by atoms with Crippen molar-refractivity contribution in [1.29, 1.82) is 0 Å². The molecule has 1 aliphatic heterocycles. The average Bonchev–Trinajstić information content (AvgIpc) is 2.34. The molecule has 0 saturated carbocycles. The smallest absolute Gasteiger partial charge is 0.233 e. The predicted molar refractivity (Wildman–Crippen MR) is 74.1 cm³/mol. The molecule has 2 N–H and O–H groups in total. The molecule has 19 heavy (non-hydrogen) atoms. The Balaban J connectivity index is 2.05. The molecule has 1 heterocycles. The second-order valence-corrected chi connectivity index (χ2v) is 6.82. The van der Waals surface area contributed by atoms with Crippen molar-refractivity contribution in [3.63, 3.8) is 0 Å². The van der Waals surface area contributed by atoms with E-state index in [1.54, 1.807) is 13.0 Å². The topological polar surface area (TPSA) is 58.2 Å². The second kappa shape index (κ2) is 5.88. The van der Waals surface area contributed by atoms with Crippen LogP contribution in [0.5, 0.6) is 0 Å². The molecule has 0 spiro atoms. The molecule has 0 bridgehead atoms. The number of sulfonamides is 1. The fourth-order valence-corrected chi connectivity index (χ4v) is 3.83. The Kier molecular flexibility index (Phi) is 4.42. The molecule has 0 radical (unpaired) electrons. The minimum Gasteiger partial charge on any atom is -0.316 e. The number of nitrogens with one attached hydrogen (secondary N) is 2. The van der Waals surface area contributed by atoms with Crippen molar-refractivity contribution in [2.75, 3.05) is 23.6 Å². The van der Waals surface area contributed by atoms with Crippen LogP contribution in [0.25, 0.3) is 0 Å². The highest BCUT2D eigenvalue weighted by molar-refractivity contribution is 7.92. The summed E-state index contributed by atoms with van der Waals surface area (Å²) in [5.74, 6) is -0.238. The van der Waals surface area contributed by atoms with E-state index >= 15 is 0 Å². The first-order chi connectivity index (χ1) is 8.96. The number of halogens is 1. The molecule has 2 rings (SSSR count). The molecule has 1 fully saturated rings. The van der Waals surface area contributed by atoms with Gasteiger partial charge in [0.15, 0.2) is 0 Å². The van der Waals surface area contributed by atoms with Gasteiger partial charge in [-0.25, -0.2) is 12.8 Å². The molecule has 1 aliphatic rings. The summed E-state index contributed by atoms with van der Waals surface area (Å²) in [6.07, 6.45) is 1.91. The highest BCUT2D eigenvalue weighted by Crippen LogP contribution is 2.19. The van der Waals surface area contributed by atoms with E-state index in [0.717, 1.165) is 25.9 Å². The van der Waals surface area contributed by atoms with Gasteiger partial charge in [-0.05, 0) is 56.5 Å². The third-order valence-electron chi connectivity index (χ3n) is 3.32. The summed E-state index contributed by atoms with van der Waals surface area (Å²) in [5.41, 5.74) is 1.04. The first-order valence-corrected chi connectivity index (χ1v) is 8.09. The van der Waals surface area contributed by atoms with Gasteiger partial charge in [-0.15, -0.1) is 0 Å². The first kappa shape index (κ1) is 14.3. The third kappa shape index (κ3) is 4.18. The Bertz CT molecular complexity index is 540. The van der Waals surface area contributed by atoms with Crippen LogP contribution < -0.4 is 10.0 Å². The molecule has 1 aromatic rings. The van der Waals surface area contributed by atoms with E-state index in [1.165, 1.54) is 12.1 Å². The third-order valence-corrected chi connectivity index (χ3v) is 4.76. The standard InChI is InChI=1S/C13H19FN2O2S/c1-10-4-5-12(14)7-13(10)16-19(17,18)9-11-3-2-6-15-8-11/h4-5,7,11,15-16H,2-3,6,8-9H2,1H3. The monoisotopic (exact) mass is 286 g/mol. The van der Waals surface area contributed by atoms with E-state index in [9.17, 15) is 12.8 Å². The van der Waals surface area contributed by atoms with Crippen LogP contribution in [0, 0.1) is 18.7 Å². The van der Waals surface area contributed by atoms with Crippen LogP contribution in [0.4, 0.5) is 10.1 Å². The van der Waals surface area contributed by atoms with E-state index in [2.05, 4.69) is 10.0 Å². The Morgan fingerprint density at radius 3 is 2.95 bits per heavy atom. The Labute approximate surface area is 113 Å². The van der Waals surface area contributed by atoms with Crippen molar-refractivity contribution in [3.05, 3.63) is 29.6 Å². The quantitative estimate of drug-likeness (QED) is 0.888. The Morgan fingerprint density at radius 2 is 2.26 bits per heavy atom. The molecular formula is C13H19FN2O2S. The van der Waals surface area contributed by atoms with E-state index in [0.29, 0.717) is 11.3 Å². The Hall–Kier alpha value is -1.14. The van der Waals surface area contributed by atoms with Crippen LogP contribution in [-0.4, -0.2) is 27.3 Å². The lowest BCUT2D eigenvalue weighted by atomic mass is 10.0. The molecule has 0 amide bonds. The fraction of sp³-hybridized carbons (Fsp3) is 0.538. The number of hydrogen-bond donors (Lipinski definition) is 2. The number of piperidine rings is 1. The molecule has 4 nitrogen and oxygen atoms in total. The molecule has 1 atom stereocenters. The van der Waals surface area contributed by atoms with Gasteiger partial charge < -0.3 is 5.32 Å². The highest BCUT2D eigenvalue weighted by atomic mass is 32.2. The van der Waals surface area contributed by atoms with Gasteiger partial charge in [0.05, 0.1) is 11.4 Å². The number of hydrogen-bond acceptors (Lipinski definition) is 3. The van der Waals surface area contributed by atoms with E-state index in [-0.39, 0.29) is 11.7 Å². The van der Waals surface area contributed by atoms with Crippen LogP contribution in [0.15, 0.2) is 18.2 Å². The predicted octanol–water partition coefficient (Wildman–Crippen LogP) is 1.88. The average molecular weight is 286 g/mol. The zero-order valence-electron chi connectivity index (χ0n) is 10.9. The number of aryl methyl sites for hydroxylation is 1. The first-order valence-electron chi connectivity index (χ1n) is 6.44. The Morgan fingerprint density at radius 1 is 1.47 bits per heavy atom. The van der Waals surface area contributed by atoms with E-state index in [4.69, 9.17) is 0 Å². The van der Waals surface area contributed by atoms with Crippen molar-refractivity contribution >= 4 is 15.7 Å². The molecule has 0 aromatic heterocycles. The summed E-state index contributed by atoms with van der Waals surface area (Å²) < 4.78 is 39.8. The minimum atomic E-state index is -3.43. The van der Waals surface area contributed by atoms with Gasteiger partial charge in [0.25, 0.3) is 0 Å². The van der Waals surface area contributed by atoms with Crippen molar-refractivity contribution < 1.29 is 12.8 Å². The summed E-state index contributed by atoms with van der Waals surface area (Å²) in [7, 11) is -3.43. The van der Waals surface area contributed by atoms with Crippen molar-refractivity contribution in [1.82, 2.24) is 5.32 Å². The summed E-state index contributed by atoms with van der Waals surface area (Å²) in [6.45, 7) is 3.43. The second-order valence-electron chi connectivity index (χ2n) is 5.06. The van der Waals surface area contributed by atoms with Gasteiger partial charge in [-0.3, -0.25) is 4.72 Å². The lowest BCUT2D eigenvalue weighted by Crippen LogP contribution is -2.35. The normalized spacial score (nSPS) is 20.2. The lowest BCUT2D eigenvalue weighted by Gasteiger charge is -2.23. The summed E-state index contributed by atoms with van der Waals surface area (Å²) in [6, 6.07) is 4.10. The van der Waals surface area contributed by atoms with E-state index in [1.807, 2.05) is 0 Å².